The molecule has 0 bridgehead atoms. The maximum Gasteiger partial charge on any atom is 0.290 e. The molecule has 5 rings (SSSR count). The number of furan rings is 1. The first kappa shape index (κ1) is 23.8. The van der Waals surface area contributed by atoms with Gasteiger partial charge in [0.2, 0.25) is 12.7 Å². The Bertz CT molecular complexity index is 1190. The lowest BCUT2D eigenvalue weighted by molar-refractivity contribution is -0.126. The van der Waals surface area contributed by atoms with Crippen molar-refractivity contribution in [2.45, 2.75) is 51.2 Å². The van der Waals surface area contributed by atoms with Crippen molar-refractivity contribution in [1.29, 1.82) is 0 Å². The second-order valence-corrected chi connectivity index (χ2v) is 8.99. The van der Waals surface area contributed by atoms with Crippen LogP contribution < -0.4 is 19.5 Å². The van der Waals surface area contributed by atoms with Crippen molar-refractivity contribution < 1.29 is 28.2 Å². The Morgan fingerprint density at radius 2 is 1.83 bits per heavy atom. The van der Waals surface area contributed by atoms with Crippen molar-refractivity contribution in [3.05, 3.63) is 77.7 Å². The summed E-state index contributed by atoms with van der Waals surface area (Å²) in [5.74, 6) is 1.55. The van der Waals surface area contributed by atoms with Crippen LogP contribution in [0.2, 0.25) is 0 Å². The van der Waals surface area contributed by atoms with Gasteiger partial charge in [0, 0.05) is 12.6 Å². The molecule has 1 saturated carbocycles. The van der Waals surface area contributed by atoms with Crippen LogP contribution in [0.5, 0.6) is 17.2 Å². The number of carbonyl (C=O) groups excluding carboxylic acids is 2. The molecule has 3 aromatic rings. The molecule has 1 fully saturated rings. The number of ether oxygens (including phenoxy) is 3. The molecule has 1 aromatic heterocycles. The molecule has 1 aliphatic carbocycles. The predicted octanol–water partition coefficient (Wildman–Crippen LogP) is 4.85. The first-order chi connectivity index (χ1) is 17.6. The number of nitrogens with one attached hydrogen (secondary N) is 1. The fourth-order valence-electron chi connectivity index (χ4n) is 4.79. The van der Waals surface area contributed by atoms with Crippen molar-refractivity contribution in [2.75, 3.05) is 13.4 Å². The van der Waals surface area contributed by atoms with Gasteiger partial charge in [-0.25, -0.2) is 0 Å². The van der Waals surface area contributed by atoms with Crippen LogP contribution in [0.4, 0.5) is 0 Å². The predicted molar refractivity (Wildman–Crippen MR) is 132 cm³/mol. The summed E-state index contributed by atoms with van der Waals surface area (Å²) in [6.07, 6.45) is 5.51. The Kier molecular flexibility index (Phi) is 7.11. The maximum absolute atomic E-state index is 13.8. The molecule has 1 atom stereocenters. The Morgan fingerprint density at radius 3 is 2.56 bits per heavy atom. The van der Waals surface area contributed by atoms with E-state index in [4.69, 9.17) is 18.6 Å². The highest BCUT2D eigenvalue weighted by Crippen LogP contribution is 2.34. The number of amides is 2. The van der Waals surface area contributed by atoms with Gasteiger partial charge in [-0.05, 0) is 67.3 Å². The van der Waals surface area contributed by atoms with Gasteiger partial charge in [-0.1, -0.05) is 31.0 Å². The zero-order chi connectivity index (χ0) is 24.9. The smallest absolute Gasteiger partial charge is 0.290 e. The zero-order valence-electron chi connectivity index (χ0n) is 20.3. The molecule has 2 heterocycles. The monoisotopic (exact) mass is 490 g/mol. The van der Waals surface area contributed by atoms with E-state index >= 15 is 0 Å². The van der Waals surface area contributed by atoms with Gasteiger partial charge >= 0.3 is 0 Å². The average Bonchev–Trinajstić information content (AvgIpc) is 3.67. The minimum atomic E-state index is -0.871. The summed E-state index contributed by atoms with van der Waals surface area (Å²) in [6.45, 7) is 2.79. The van der Waals surface area contributed by atoms with Crippen LogP contribution in [0.3, 0.4) is 0 Å². The van der Waals surface area contributed by atoms with Crippen molar-refractivity contribution in [1.82, 2.24) is 10.2 Å². The fraction of sp³-hybridized carbons (Fsp3) is 0.357. The van der Waals surface area contributed by atoms with Gasteiger partial charge in [0.05, 0.1) is 12.9 Å². The van der Waals surface area contributed by atoms with Crippen LogP contribution in [0.15, 0.2) is 65.3 Å². The molecule has 2 aromatic carbocycles. The number of benzene rings is 2. The highest BCUT2D eigenvalue weighted by atomic mass is 16.7. The van der Waals surface area contributed by atoms with E-state index in [0.29, 0.717) is 29.4 Å². The quantitative estimate of drug-likeness (QED) is 0.461. The van der Waals surface area contributed by atoms with Gasteiger partial charge < -0.3 is 28.8 Å². The van der Waals surface area contributed by atoms with Gasteiger partial charge in [0.1, 0.15) is 11.8 Å². The van der Waals surface area contributed by atoms with Crippen molar-refractivity contribution >= 4 is 11.8 Å². The Hall–Kier alpha value is -3.94. The summed E-state index contributed by atoms with van der Waals surface area (Å²) < 4.78 is 22.0. The van der Waals surface area contributed by atoms with E-state index in [1.165, 1.54) is 6.26 Å². The normalized spacial score (nSPS) is 15.5. The molecular weight excluding hydrogens is 460 g/mol. The molecule has 2 amide bonds. The third-order valence-electron chi connectivity index (χ3n) is 6.55. The van der Waals surface area contributed by atoms with E-state index in [1.807, 2.05) is 49.4 Å². The Labute approximate surface area is 210 Å². The molecule has 1 N–H and O–H groups in total. The minimum absolute atomic E-state index is 0.105. The van der Waals surface area contributed by atoms with E-state index in [0.717, 1.165) is 31.2 Å². The van der Waals surface area contributed by atoms with Gasteiger partial charge in [0.15, 0.2) is 17.3 Å². The van der Waals surface area contributed by atoms with Crippen molar-refractivity contribution in [3.63, 3.8) is 0 Å². The fourth-order valence-corrected chi connectivity index (χ4v) is 4.79. The van der Waals surface area contributed by atoms with Crippen LogP contribution in [-0.2, 0) is 11.3 Å². The summed E-state index contributed by atoms with van der Waals surface area (Å²) >= 11 is 0. The number of carbonyl (C=O) groups is 2. The lowest BCUT2D eigenvalue weighted by Crippen LogP contribution is -2.45. The maximum atomic E-state index is 13.8. The molecule has 8 nitrogen and oxygen atoms in total. The molecule has 1 aliphatic heterocycles. The van der Waals surface area contributed by atoms with Crippen molar-refractivity contribution in [2.24, 2.45) is 0 Å². The number of hydrogen-bond acceptors (Lipinski definition) is 6. The van der Waals surface area contributed by atoms with E-state index in [-0.39, 0.29) is 37.0 Å². The first-order valence-electron chi connectivity index (χ1n) is 12.4. The number of nitrogens with zero attached hydrogens (tertiary/aromatic N) is 1. The van der Waals surface area contributed by atoms with Gasteiger partial charge in [0.25, 0.3) is 5.91 Å². The van der Waals surface area contributed by atoms with E-state index in [1.54, 1.807) is 17.0 Å². The molecule has 0 radical (unpaired) electrons. The lowest BCUT2D eigenvalue weighted by atomic mass is 10.0. The molecule has 36 heavy (non-hydrogen) atoms. The van der Waals surface area contributed by atoms with Crippen LogP contribution >= 0.6 is 0 Å². The largest absolute Gasteiger partial charge is 0.494 e. The van der Waals surface area contributed by atoms with Crippen molar-refractivity contribution in [3.8, 4) is 17.2 Å². The number of fused-ring (bicyclic) bond motifs is 1. The minimum Gasteiger partial charge on any atom is -0.494 e. The number of rotatable bonds is 9. The third-order valence-corrected chi connectivity index (χ3v) is 6.55. The summed E-state index contributed by atoms with van der Waals surface area (Å²) in [4.78, 5) is 29.1. The standard InChI is InChI=1S/C28H30N2O6/c1-2-33-22-12-10-20(11-13-22)26(27(31)29-21-6-3-4-7-21)30(28(32)24-8-5-15-34-24)17-19-9-14-23-25(16-19)36-18-35-23/h5,8-16,21,26H,2-4,6-7,17-18H2,1H3,(H,29,31). The second-order valence-electron chi connectivity index (χ2n) is 8.99. The van der Waals surface area contributed by atoms with Gasteiger partial charge in [-0.3, -0.25) is 9.59 Å². The van der Waals surface area contributed by atoms with Gasteiger partial charge in [-0.2, -0.15) is 0 Å². The van der Waals surface area contributed by atoms with Gasteiger partial charge in [-0.15, -0.1) is 0 Å². The Morgan fingerprint density at radius 1 is 1.06 bits per heavy atom. The number of hydrogen-bond donors (Lipinski definition) is 1. The van der Waals surface area contributed by atoms with Crippen LogP contribution in [-0.4, -0.2) is 36.2 Å². The molecular formula is C28H30N2O6. The zero-order valence-corrected chi connectivity index (χ0v) is 20.3. The van der Waals surface area contributed by atoms with Crippen LogP contribution in [0, 0.1) is 0 Å². The topological polar surface area (TPSA) is 90.2 Å². The third kappa shape index (κ3) is 5.17. The average molecular weight is 491 g/mol. The summed E-state index contributed by atoms with van der Waals surface area (Å²) in [6, 6.07) is 15.4. The SMILES string of the molecule is CCOc1ccc(C(C(=O)NC2CCCC2)N(Cc2ccc3c(c2)OCO3)C(=O)c2ccco2)cc1. The molecule has 0 spiro atoms. The van der Waals surface area contributed by atoms with Crippen LogP contribution in [0.1, 0.15) is 60.3 Å². The van der Waals surface area contributed by atoms with E-state index in [2.05, 4.69) is 5.32 Å². The molecule has 1 unspecified atom stereocenters. The molecule has 8 heteroatoms. The molecule has 188 valence electrons. The lowest BCUT2D eigenvalue weighted by Gasteiger charge is -2.32. The summed E-state index contributed by atoms with van der Waals surface area (Å²) in [5, 5.41) is 3.19. The van der Waals surface area contributed by atoms with Crippen LogP contribution in [0.25, 0.3) is 0 Å². The summed E-state index contributed by atoms with van der Waals surface area (Å²) in [7, 11) is 0. The molecule has 2 aliphatic rings. The highest BCUT2D eigenvalue weighted by Gasteiger charge is 2.35. The highest BCUT2D eigenvalue weighted by molar-refractivity contribution is 5.96. The second kappa shape index (κ2) is 10.8. The summed E-state index contributed by atoms with van der Waals surface area (Å²) in [5.41, 5.74) is 1.50. The van der Waals surface area contributed by atoms with E-state index in [9.17, 15) is 9.59 Å². The van der Waals surface area contributed by atoms with E-state index < -0.39 is 6.04 Å². The molecule has 0 saturated heterocycles. The Balaban J connectivity index is 1.52. The first-order valence-corrected chi connectivity index (χ1v) is 12.4.